The topological polar surface area (TPSA) is 25.2 Å². The number of rotatable bonds is 4. The predicted octanol–water partition coefficient (Wildman–Crippen LogP) is 3.77. The first-order valence-corrected chi connectivity index (χ1v) is 6.79. The fourth-order valence-corrected chi connectivity index (χ4v) is 2.46. The number of hydrogen-bond donors (Lipinski definition) is 1. The second-order valence-electron chi connectivity index (χ2n) is 5.14. The predicted molar refractivity (Wildman–Crippen MR) is 72.6 cm³/mol. The first-order valence-electron chi connectivity index (χ1n) is 6.41. The normalized spacial score (nSPS) is 16.6. The zero-order valence-electron chi connectivity index (χ0n) is 10.4. The van der Waals surface area contributed by atoms with Crippen molar-refractivity contribution in [3.8, 4) is 0 Å². The Labute approximate surface area is 116 Å². The maximum atomic E-state index is 13.2. The standard InChI is InChI=1S/C15H15ClFNO/c16-14-4-3-13(17)7-12(14)9-18-6-5-11(8-18)15(19)10-1-2-10/h3-8,10,15,19H,1-2,9H2. The Morgan fingerprint density at radius 3 is 2.89 bits per heavy atom. The van der Waals surface area contributed by atoms with Gasteiger partial charge in [0.25, 0.3) is 0 Å². The third-order valence-corrected chi connectivity index (χ3v) is 3.91. The van der Waals surface area contributed by atoms with E-state index < -0.39 is 0 Å². The van der Waals surface area contributed by atoms with E-state index in [4.69, 9.17) is 11.6 Å². The van der Waals surface area contributed by atoms with Crippen LogP contribution in [-0.2, 0) is 6.54 Å². The van der Waals surface area contributed by atoms with Gasteiger partial charge in [0.05, 0.1) is 6.10 Å². The van der Waals surface area contributed by atoms with Crippen LogP contribution in [0.3, 0.4) is 0 Å². The third-order valence-electron chi connectivity index (χ3n) is 3.54. The van der Waals surface area contributed by atoms with Gasteiger partial charge in [-0.05, 0) is 54.2 Å². The van der Waals surface area contributed by atoms with Gasteiger partial charge in [0.15, 0.2) is 0 Å². The van der Waals surface area contributed by atoms with E-state index in [2.05, 4.69) is 0 Å². The lowest BCUT2D eigenvalue weighted by atomic mass is 10.1. The maximum absolute atomic E-state index is 13.2. The maximum Gasteiger partial charge on any atom is 0.123 e. The minimum atomic E-state index is -0.371. The average Bonchev–Trinajstić information content (AvgIpc) is 3.13. The molecule has 1 aliphatic rings. The van der Waals surface area contributed by atoms with Crippen LogP contribution in [-0.4, -0.2) is 9.67 Å². The fraction of sp³-hybridized carbons (Fsp3) is 0.333. The molecule has 2 nitrogen and oxygen atoms in total. The highest BCUT2D eigenvalue weighted by atomic mass is 35.5. The summed E-state index contributed by atoms with van der Waals surface area (Å²) >= 11 is 6.05. The lowest BCUT2D eigenvalue weighted by Gasteiger charge is -2.07. The summed E-state index contributed by atoms with van der Waals surface area (Å²) in [5.41, 5.74) is 1.67. The van der Waals surface area contributed by atoms with E-state index in [1.165, 1.54) is 12.1 Å². The van der Waals surface area contributed by atoms with Gasteiger partial charge < -0.3 is 9.67 Å². The van der Waals surface area contributed by atoms with Crippen LogP contribution in [0.2, 0.25) is 5.02 Å². The monoisotopic (exact) mass is 279 g/mol. The Kier molecular flexibility index (Phi) is 3.33. The summed E-state index contributed by atoms with van der Waals surface area (Å²) in [7, 11) is 0. The van der Waals surface area contributed by atoms with Crippen molar-refractivity contribution in [3.63, 3.8) is 0 Å². The second-order valence-corrected chi connectivity index (χ2v) is 5.54. The van der Waals surface area contributed by atoms with Crippen LogP contribution in [0.5, 0.6) is 0 Å². The van der Waals surface area contributed by atoms with Gasteiger partial charge in [0.1, 0.15) is 5.82 Å². The van der Waals surface area contributed by atoms with Gasteiger partial charge in [-0.2, -0.15) is 0 Å². The summed E-state index contributed by atoms with van der Waals surface area (Å²) in [6.45, 7) is 0.508. The lowest BCUT2D eigenvalue weighted by molar-refractivity contribution is 0.154. The molecule has 0 saturated heterocycles. The molecule has 1 fully saturated rings. The summed E-state index contributed by atoms with van der Waals surface area (Å²) in [4.78, 5) is 0. The van der Waals surface area contributed by atoms with Crippen LogP contribution in [0.25, 0.3) is 0 Å². The van der Waals surface area contributed by atoms with Crippen molar-refractivity contribution in [3.05, 3.63) is 58.6 Å². The van der Waals surface area contributed by atoms with E-state index in [0.717, 1.165) is 24.0 Å². The Morgan fingerprint density at radius 1 is 1.37 bits per heavy atom. The number of aliphatic hydroxyl groups excluding tert-OH is 1. The molecule has 0 spiro atoms. The van der Waals surface area contributed by atoms with E-state index >= 15 is 0 Å². The van der Waals surface area contributed by atoms with Gasteiger partial charge in [-0.3, -0.25) is 0 Å². The number of hydrogen-bond acceptors (Lipinski definition) is 1. The van der Waals surface area contributed by atoms with Crippen molar-refractivity contribution in [1.29, 1.82) is 0 Å². The van der Waals surface area contributed by atoms with Gasteiger partial charge in [0, 0.05) is 24.0 Å². The molecule has 1 aliphatic carbocycles. The molecule has 1 heterocycles. The van der Waals surface area contributed by atoms with Crippen LogP contribution in [0.1, 0.15) is 30.1 Å². The summed E-state index contributed by atoms with van der Waals surface area (Å²) < 4.78 is 15.1. The van der Waals surface area contributed by atoms with Crippen LogP contribution in [0.4, 0.5) is 4.39 Å². The Balaban J connectivity index is 1.77. The highest BCUT2D eigenvalue weighted by molar-refractivity contribution is 6.31. The van der Waals surface area contributed by atoms with Gasteiger partial charge >= 0.3 is 0 Å². The summed E-state index contributed by atoms with van der Waals surface area (Å²) in [5, 5.41) is 10.6. The highest BCUT2D eigenvalue weighted by Gasteiger charge is 2.31. The van der Waals surface area contributed by atoms with Crippen molar-refractivity contribution in [2.45, 2.75) is 25.5 Å². The zero-order chi connectivity index (χ0) is 13.4. The Hall–Kier alpha value is -1.32. The number of aliphatic hydroxyl groups is 1. The average molecular weight is 280 g/mol. The van der Waals surface area contributed by atoms with Gasteiger partial charge in [-0.25, -0.2) is 4.39 Å². The molecule has 0 amide bonds. The molecule has 3 rings (SSSR count). The quantitative estimate of drug-likeness (QED) is 0.905. The third kappa shape index (κ3) is 2.82. The van der Waals surface area contributed by atoms with Crippen LogP contribution < -0.4 is 0 Å². The molecule has 1 N–H and O–H groups in total. The van der Waals surface area contributed by atoms with Crippen molar-refractivity contribution in [2.24, 2.45) is 5.92 Å². The highest BCUT2D eigenvalue weighted by Crippen LogP contribution is 2.40. The van der Waals surface area contributed by atoms with Gasteiger partial charge in [-0.1, -0.05) is 11.6 Å². The SMILES string of the molecule is OC(c1ccn(Cc2cc(F)ccc2Cl)c1)C1CC1. The van der Waals surface area contributed by atoms with Gasteiger partial charge in [0.2, 0.25) is 0 Å². The van der Waals surface area contributed by atoms with Crippen molar-refractivity contribution in [1.82, 2.24) is 4.57 Å². The molecule has 0 aliphatic heterocycles. The number of halogens is 2. The lowest BCUT2D eigenvalue weighted by Crippen LogP contribution is -2.00. The first-order chi connectivity index (χ1) is 9.13. The van der Waals surface area contributed by atoms with Crippen LogP contribution >= 0.6 is 11.6 Å². The van der Waals surface area contributed by atoms with Crippen LogP contribution in [0.15, 0.2) is 36.7 Å². The van der Waals surface area contributed by atoms with E-state index in [1.807, 2.05) is 23.0 Å². The summed E-state index contributed by atoms with van der Waals surface area (Å²) in [6.07, 6.45) is 5.63. The summed E-state index contributed by atoms with van der Waals surface area (Å²) in [6, 6.07) is 6.27. The molecule has 19 heavy (non-hydrogen) atoms. The molecular weight excluding hydrogens is 265 g/mol. The van der Waals surface area contributed by atoms with E-state index in [0.29, 0.717) is 17.5 Å². The smallest absolute Gasteiger partial charge is 0.123 e. The van der Waals surface area contributed by atoms with Crippen molar-refractivity contribution < 1.29 is 9.50 Å². The first kappa shape index (κ1) is 12.7. The fourth-order valence-electron chi connectivity index (χ4n) is 2.28. The molecule has 0 radical (unpaired) electrons. The minimum absolute atomic E-state index is 0.287. The number of nitrogens with zero attached hydrogens (tertiary/aromatic N) is 1. The zero-order valence-corrected chi connectivity index (χ0v) is 11.1. The number of aromatic nitrogens is 1. The van der Waals surface area contributed by atoms with E-state index in [1.54, 1.807) is 6.07 Å². The van der Waals surface area contributed by atoms with Crippen molar-refractivity contribution >= 4 is 11.6 Å². The molecule has 1 aromatic heterocycles. The molecule has 0 bridgehead atoms. The molecule has 100 valence electrons. The Morgan fingerprint density at radius 2 is 2.16 bits per heavy atom. The largest absolute Gasteiger partial charge is 0.388 e. The molecule has 2 aromatic rings. The van der Waals surface area contributed by atoms with E-state index in [9.17, 15) is 9.50 Å². The molecular formula is C15H15ClFNO. The van der Waals surface area contributed by atoms with Crippen molar-refractivity contribution in [2.75, 3.05) is 0 Å². The van der Waals surface area contributed by atoms with Crippen LogP contribution in [0, 0.1) is 11.7 Å². The molecule has 1 atom stereocenters. The van der Waals surface area contributed by atoms with E-state index in [-0.39, 0.29) is 11.9 Å². The molecule has 1 unspecified atom stereocenters. The molecule has 1 aromatic carbocycles. The minimum Gasteiger partial charge on any atom is -0.388 e. The van der Waals surface area contributed by atoms with Gasteiger partial charge in [-0.15, -0.1) is 0 Å². The summed E-state index contributed by atoms with van der Waals surface area (Å²) in [5.74, 6) is 0.124. The molecule has 4 heteroatoms. The second kappa shape index (κ2) is 4.99. The number of benzene rings is 1. The molecule has 1 saturated carbocycles. The Bertz CT molecular complexity index is 592.